The molecule has 0 heterocycles. The Morgan fingerprint density at radius 2 is 1.85 bits per heavy atom. The van der Waals surface area contributed by atoms with Crippen LogP contribution in [0.5, 0.6) is 0 Å². The number of hydrogen-bond acceptors (Lipinski definition) is 2. The van der Waals surface area contributed by atoms with Crippen LogP contribution in [0.1, 0.15) is 12.8 Å². The Bertz CT molecular complexity index is 134. The van der Waals surface area contributed by atoms with Crippen molar-refractivity contribution in [2.75, 3.05) is 27.7 Å². The quantitative estimate of drug-likeness (QED) is 0.719. The van der Waals surface area contributed by atoms with Gasteiger partial charge in [-0.1, -0.05) is 0 Å². The second-order valence-electron chi connectivity index (χ2n) is 3.33. The molecule has 0 aliphatic heterocycles. The lowest BCUT2D eigenvalue weighted by Gasteiger charge is -2.20. The van der Waals surface area contributed by atoms with Crippen molar-refractivity contribution < 1.29 is 13.2 Å². The average molecular weight is 198 g/mol. The van der Waals surface area contributed by atoms with Crippen molar-refractivity contribution in [3.8, 4) is 0 Å². The molecule has 5 heteroatoms. The number of alkyl halides is 3. The lowest BCUT2D eigenvalue weighted by atomic mass is 10.1. The molecule has 13 heavy (non-hydrogen) atoms. The van der Waals surface area contributed by atoms with E-state index in [4.69, 9.17) is 0 Å². The van der Waals surface area contributed by atoms with Crippen LogP contribution in [0.25, 0.3) is 0 Å². The lowest BCUT2D eigenvalue weighted by Crippen LogP contribution is -2.40. The third-order valence-electron chi connectivity index (χ3n) is 1.84. The Kier molecular flexibility index (Phi) is 5.32. The Hall–Kier alpha value is -0.290. The van der Waals surface area contributed by atoms with Gasteiger partial charge in [0.15, 0.2) is 0 Å². The summed E-state index contributed by atoms with van der Waals surface area (Å²) < 4.78 is 36.5. The number of rotatable bonds is 5. The van der Waals surface area contributed by atoms with E-state index in [1.54, 1.807) is 0 Å². The summed E-state index contributed by atoms with van der Waals surface area (Å²) in [6.07, 6.45) is -3.43. The molecule has 1 unspecified atom stereocenters. The highest BCUT2D eigenvalue weighted by molar-refractivity contribution is 4.73. The molecule has 1 atom stereocenters. The minimum absolute atomic E-state index is 0.137. The highest BCUT2D eigenvalue weighted by atomic mass is 19.4. The maximum Gasteiger partial charge on any atom is 0.403 e. The summed E-state index contributed by atoms with van der Waals surface area (Å²) >= 11 is 0. The van der Waals surface area contributed by atoms with Crippen LogP contribution in [-0.4, -0.2) is 44.8 Å². The Morgan fingerprint density at radius 3 is 2.15 bits per heavy atom. The number of halogens is 3. The molecule has 0 spiro atoms. The summed E-state index contributed by atoms with van der Waals surface area (Å²) in [6.45, 7) is 0.689. The molecule has 0 bridgehead atoms. The highest BCUT2D eigenvalue weighted by Gasteiger charge is 2.37. The van der Waals surface area contributed by atoms with Gasteiger partial charge in [0.1, 0.15) is 6.04 Å². The lowest BCUT2D eigenvalue weighted by molar-refractivity contribution is -0.156. The molecule has 0 aromatic rings. The summed E-state index contributed by atoms with van der Waals surface area (Å²) in [5, 5.41) is 2.27. The van der Waals surface area contributed by atoms with Gasteiger partial charge in [-0.15, -0.1) is 0 Å². The Balaban J connectivity index is 3.73. The van der Waals surface area contributed by atoms with Gasteiger partial charge < -0.3 is 10.2 Å². The summed E-state index contributed by atoms with van der Waals surface area (Å²) in [5.74, 6) is 0. The molecule has 0 fully saturated rings. The predicted octanol–water partition coefficient (Wildman–Crippen LogP) is 1.48. The summed E-state index contributed by atoms with van der Waals surface area (Å²) in [7, 11) is 5.04. The fourth-order valence-corrected chi connectivity index (χ4v) is 1.08. The van der Waals surface area contributed by atoms with Gasteiger partial charge in [-0.25, -0.2) is 0 Å². The first-order valence-corrected chi connectivity index (χ1v) is 4.26. The van der Waals surface area contributed by atoms with Crippen molar-refractivity contribution in [2.45, 2.75) is 25.1 Å². The van der Waals surface area contributed by atoms with Crippen molar-refractivity contribution >= 4 is 0 Å². The van der Waals surface area contributed by atoms with Gasteiger partial charge in [-0.2, -0.15) is 13.2 Å². The summed E-state index contributed by atoms with van der Waals surface area (Å²) in [4.78, 5) is 1.88. The molecule has 0 aromatic carbocycles. The van der Waals surface area contributed by atoms with Crippen molar-refractivity contribution in [3.05, 3.63) is 0 Å². The van der Waals surface area contributed by atoms with Gasteiger partial charge in [-0.05, 0) is 40.5 Å². The third-order valence-corrected chi connectivity index (χ3v) is 1.84. The van der Waals surface area contributed by atoms with Crippen molar-refractivity contribution in [3.63, 3.8) is 0 Å². The highest BCUT2D eigenvalue weighted by Crippen LogP contribution is 2.22. The molecule has 0 amide bonds. The molecule has 0 aliphatic carbocycles. The largest absolute Gasteiger partial charge is 0.403 e. The molecule has 0 saturated heterocycles. The molecule has 80 valence electrons. The van der Waals surface area contributed by atoms with Gasteiger partial charge >= 0.3 is 6.18 Å². The van der Waals surface area contributed by atoms with E-state index >= 15 is 0 Å². The van der Waals surface area contributed by atoms with Crippen LogP contribution in [0.4, 0.5) is 13.2 Å². The topological polar surface area (TPSA) is 15.3 Å². The summed E-state index contributed by atoms with van der Waals surface area (Å²) in [5.41, 5.74) is 0. The first kappa shape index (κ1) is 12.7. The van der Waals surface area contributed by atoms with Crippen LogP contribution in [0.2, 0.25) is 0 Å². The molecular weight excluding hydrogens is 181 g/mol. The van der Waals surface area contributed by atoms with Gasteiger partial charge in [0.2, 0.25) is 0 Å². The van der Waals surface area contributed by atoms with Gasteiger partial charge in [-0.3, -0.25) is 0 Å². The molecule has 0 aromatic heterocycles. The van der Waals surface area contributed by atoms with E-state index in [2.05, 4.69) is 5.32 Å². The second-order valence-corrected chi connectivity index (χ2v) is 3.33. The predicted molar refractivity (Wildman–Crippen MR) is 46.7 cm³/mol. The van der Waals surface area contributed by atoms with E-state index < -0.39 is 12.2 Å². The minimum Gasteiger partial charge on any atom is -0.309 e. The van der Waals surface area contributed by atoms with E-state index in [0.717, 1.165) is 0 Å². The molecule has 2 nitrogen and oxygen atoms in total. The van der Waals surface area contributed by atoms with Gasteiger partial charge in [0, 0.05) is 0 Å². The molecule has 0 saturated carbocycles. The number of nitrogens with one attached hydrogen (secondary N) is 1. The zero-order valence-corrected chi connectivity index (χ0v) is 8.28. The number of nitrogens with zero attached hydrogens (tertiary/aromatic N) is 1. The monoisotopic (exact) mass is 198 g/mol. The van der Waals surface area contributed by atoms with Crippen molar-refractivity contribution in [2.24, 2.45) is 0 Å². The SMILES string of the molecule is CNC(CCCN(C)C)C(F)(F)F. The van der Waals surface area contributed by atoms with Gasteiger partial charge in [0.25, 0.3) is 0 Å². The fourth-order valence-electron chi connectivity index (χ4n) is 1.08. The Morgan fingerprint density at radius 1 is 1.31 bits per heavy atom. The minimum atomic E-state index is -4.12. The average Bonchev–Trinajstić information content (AvgIpc) is 1.95. The zero-order chi connectivity index (χ0) is 10.5. The molecule has 0 aliphatic rings. The first-order chi connectivity index (χ1) is 5.88. The molecular formula is C8H17F3N2. The summed E-state index contributed by atoms with van der Waals surface area (Å²) in [6, 6.07) is -1.37. The van der Waals surface area contributed by atoms with Crippen LogP contribution < -0.4 is 5.32 Å². The Labute approximate surface area is 77.1 Å². The maximum atomic E-state index is 12.2. The zero-order valence-electron chi connectivity index (χ0n) is 8.28. The van der Waals surface area contributed by atoms with Crippen molar-refractivity contribution in [1.29, 1.82) is 0 Å². The van der Waals surface area contributed by atoms with E-state index in [1.807, 2.05) is 19.0 Å². The molecule has 0 rings (SSSR count). The van der Waals surface area contributed by atoms with Crippen LogP contribution in [-0.2, 0) is 0 Å². The van der Waals surface area contributed by atoms with Gasteiger partial charge in [0.05, 0.1) is 0 Å². The molecule has 1 N–H and O–H groups in total. The maximum absolute atomic E-state index is 12.2. The third kappa shape index (κ3) is 5.87. The first-order valence-electron chi connectivity index (χ1n) is 4.26. The molecule has 0 radical (unpaired) electrons. The van der Waals surface area contributed by atoms with Crippen LogP contribution >= 0.6 is 0 Å². The van der Waals surface area contributed by atoms with E-state index in [0.29, 0.717) is 13.0 Å². The van der Waals surface area contributed by atoms with E-state index in [-0.39, 0.29) is 6.42 Å². The standard InChI is InChI=1S/C8H17F3N2/c1-12-7(8(9,10)11)5-4-6-13(2)3/h7,12H,4-6H2,1-3H3. The number of hydrogen-bond donors (Lipinski definition) is 1. The van der Waals surface area contributed by atoms with Crippen LogP contribution in [0.15, 0.2) is 0 Å². The van der Waals surface area contributed by atoms with Crippen molar-refractivity contribution in [1.82, 2.24) is 10.2 Å². The van der Waals surface area contributed by atoms with Crippen LogP contribution in [0.3, 0.4) is 0 Å². The van der Waals surface area contributed by atoms with E-state index in [9.17, 15) is 13.2 Å². The normalized spacial score (nSPS) is 15.0. The smallest absolute Gasteiger partial charge is 0.309 e. The fraction of sp³-hybridized carbons (Fsp3) is 1.00. The van der Waals surface area contributed by atoms with Crippen LogP contribution in [0, 0.1) is 0 Å². The second kappa shape index (κ2) is 5.44. The van der Waals surface area contributed by atoms with E-state index in [1.165, 1.54) is 7.05 Å².